The van der Waals surface area contributed by atoms with E-state index >= 15 is 0 Å². The van der Waals surface area contributed by atoms with Gasteiger partial charge in [0.1, 0.15) is 4.90 Å². The molecule has 0 unspecified atom stereocenters. The first-order chi connectivity index (χ1) is 9.53. The van der Waals surface area contributed by atoms with E-state index in [2.05, 4.69) is 15.0 Å². The van der Waals surface area contributed by atoms with Gasteiger partial charge in [0.2, 0.25) is 0 Å². The summed E-state index contributed by atoms with van der Waals surface area (Å²) in [7, 11) is -3.54. The topological polar surface area (TPSA) is 71.1 Å². The van der Waals surface area contributed by atoms with Gasteiger partial charge in [-0.2, -0.15) is 0 Å². The van der Waals surface area contributed by atoms with Crippen molar-refractivity contribution in [2.75, 3.05) is 11.3 Å². The van der Waals surface area contributed by atoms with Crippen LogP contribution >= 0.6 is 11.3 Å². The van der Waals surface area contributed by atoms with Crippen molar-refractivity contribution in [2.24, 2.45) is 0 Å². The monoisotopic (exact) mass is 311 g/mol. The number of nitrogens with one attached hydrogen (secondary N) is 2. The minimum Gasteiger partial charge on any atom is -0.312 e. The maximum Gasteiger partial charge on any atom is 0.263 e. The van der Waals surface area contributed by atoms with Gasteiger partial charge in [-0.25, -0.2) is 8.42 Å². The highest BCUT2D eigenvalue weighted by Crippen LogP contribution is 2.27. The maximum absolute atomic E-state index is 12.4. The lowest BCUT2D eigenvalue weighted by atomic mass is 10.4. The molecule has 0 saturated carbocycles. The van der Waals surface area contributed by atoms with Crippen molar-refractivity contribution in [3.63, 3.8) is 0 Å². The van der Waals surface area contributed by atoms with Gasteiger partial charge in [-0.05, 0) is 31.7 Å². The van der Waals surface area contributed by atoms with Crippen LogP contribution in [-0.2, 0) is 16.6 Å². The van der Waals surface area contributed by atoms with Gasteiger partial charge in [0.05, 0.1) is 5.69 Å². The van der Waals surface area contributed by atoms with Gasteiger partial charge in [0, 0.05) is 28.7 Å². The summed E-state index contributed by atoms with van der Waals surface area (Å²) in [5.41, 5.74) is 0.513. The summed E-state index contributed by atoms with van der Waals surface area (Å²) >= 11 is 1.50. The Morgan fingerprint density at radius 1 is 1.30 bits per heavy atom. The molecule has 0 bridgehead atoms. The first-order valence-electron chi connectivity index (χ1n) is 6.26. The Morgan fingerprint density at radius 2 is 2.00 bits per heavy atom. The normalized spacial score (nSPS) is 11.5. The molecule has 108 valence electrons. The molecule has 0 atom stereocenters. The van der Waals surface area contributed by atoms with E-state index in [0.717, 1.165) is 16.3 Å². The zero-order chi connectivity index (χ0) is 14.6. The number of aromatic nitrogens is 1. The number of thiophene rings is 1. The second kappa shape index (κ2) is 6.34. The van der Waals surface area contributed by atoms with Crippen LogP contribution in [0, 0.1) is 6.92 Å². The van der Waals surface area contributed by atoms with Crippen molar-refractivity contribution in [1.29, 1.82) is 0 Å². The number of hydrogen-bond acceptors (Lipinski definition) is 5. The highest BCUT2D eigenvalue weighted by Gasteiger charge is 2.19. The summed E-state index contributed by atoms with van der Waals surface area (Å²) in [6, 6.07) is 4.98. The zero-order valence-electron chi connectivity index (χ0n) is 11.4. The molecule has 0 aromatic carbocycles. The minimum absolute atomic E-state index is 0.340. The van der Waals surface area contributed by atoms with Crippen LogP contribution in [-0.4, -0.2) is 19.9 Å². The molecule has 0 amide bonds. The van der Waals surface area contributed by atoms with E-state index in [0.29, 0.717) is 17.1 Å². The molecular weight excluding hydrogens is 294 g/mol. The van der Waals surface area contributed by atoms with E-state index < -0.39 is 10.0 Å². The molecule has 20 heavy (non-hydrogen) atoms. The maximum atomic E-state index is 12.4. The molecule has 2 rings (SSSR count). The van der Waals surface area contributed by atoms with Crippen molar-refractivity contribution < 1.29 is 8.42 Å². The quantitative estimate of drug-likeness (QED) is 0.859. The summed E-state index contributed by atoms with van der Waals surface area (Å²) in [6.45, 7) is 5.38. The third-order valence-corrected chi connectivity index (χ3v) is 5.38. The molecule has 0 aliphatic carbocycles. The van der Waals surface area contributed by atoms with Crippen LogP contribution in [0.2, 0.25) is 0 Å². The Hall–Kier alpha value is -1.44. The minimum atomic E-state index is -3.54. The summed E-state index contributed by atoms with van der Waals surface area (Å²) in [6.07, 6.45) is 3.10. The second-order valence-electron chi connectivity index (χ2n) is 4.25. The third-order valence-electron chi connectivity index (χ3n) is 2.69. The first kappa shape index (κ1) is 15.0. The van der Waals surface area contributed by atoms with Crippen molar-refractivity contribution in [3.05, 3.63) is 40.3 Å². The molecule has 2 N–H and O–H groups in total. The molecule has 0 saturated heterocycles. The van der Waals surface area contributed by atoms with Crippen molar-refractivity contribution in [3.8, 4) is 0 Å². The summed E-state index contributed by atoms with van der Waals surface area (Å²) in [5.74, 6) is 0. The highest BCUT2D eigenvalue weighted by atomic mass is 32.2. The fraction of sp³-hybridized carbons (Fsp3) is 0.308. The standard InChI is InChI=1S/C13H17N3O2S2/c1-3-14-9-12-8-13(10(2)19-12)20(17,18)16-11-4-6-15-7-5-11/h4-8,14H,3,9H2,1-2H3,(H,15,16). The molecule has 5 nitrogen and oxygen atoms in total. The van der Waals surface area contributed by atoms with Crippen LogP contribution in [0.25, 0.3) is 0 Å². The van der Waals surface area contributed by atoms with Gasteiger partial charge < -0.3 is 5.32 Å². The summed E-state index contributed by atoms with van der Waals surface area (Å²) in [4.78, 5) is 6.01. The molecule has 2 aromatic rings. The Labute approximate surface area is 123 Å². The number of sulfonamides is 1. The van der Waals surface area contributed by atoms with E-state index in [1.54, 1.807) is 30.6 Å². The van der Waals surface area contributed by atoms with Crippen LogP contribution in [0.3, 0.4) is 0 Å². The Bertz CT molecular complexity index is 666. The first-order valence-corrected chi connectivity index (χ1v) is 8.56. The Morgan fingerprint density at radius 3 is 2.65 bits per heavy atom. The van der Waals surface area contributed by atoms with Gasteiger partial charge in [-0.15, -0.1) is 11.3 Å². The van der Waals surface area contributed by atoms with Crippen molar-refractivity contribution >= 4 is 27.0 Å². The summed E-state index contributed by atoms with van der Waals surface area (Å²) < 4.78 is 27.3. The number of nitrogens with zero attached hydrogens (tertiary/aromatic N) is 1. The van der Waals surface area contributed by atoms with Crippen LogP contribution in [0.5, 0.6) is 0 Å². The predicted molar refractivity (Wildman–Crippen MR) is 81.5 cm³/mol. The number of rotatable bonds is 6. The number of hydrogen-bond donors (Lipinski definition) is 2. The SMILES string of the molecule is CCNCc1cc(S(=O)(=O)Nc2ccncc2)c(C)s1. The van der Waals surface area contributed by atoms with Crippen LogP contribution in [0.4, 0.5) is 5.69 Å². The second-order valence-corrected chi connectivity index (χ2v) is 7.25. The van der Waals surface area contributed by atoms with E-state index in [-0.39, 0.29) is 0 Å². The molecule has 7 heteroatoms. The Balaban J connectivity index is 2.23. The van der Waals surface area contributed by atoms with Gasteiger partial charge in [-0.3, -0.25) is 9.71 Å². The largest absolute Gasteiger partial charge is 0.312 e. The van der Waals surface area contributed by atoms with Gasteiger partial charge in [-0.1, -0.05) is 6.92 Å². The Kier molecular flexibility index (Phi) is 4.74. The molecule has 0 aliphatic rings. The van der Waals surface area contributed by atoms with E-state index in [1.807, 2.05) is 13.8 Å². The lowest BCUT2D eigenvalue weighted by Gasteiger charge is -2.06. The van der Waals surface area contributed by atoms with E-state index in [9.17, 15) is 8.42 Å². The smallest absolute Gasteiger partial charge is 0.263 e. The molecule has 2 heterocycles. The molecule has 0 fully saturated rings. The summed E-state index contributed by atoms with van der Waals surface area (Å²) in [5, 5.41) is 3.19. The van der Waals surface area contributed by atoms with Crippen LogP contribution in [0.15, 0.2) is 35.5 Å². The van der Waals surface area contributed by atoms with Gasteiger partial charge in [0.15, 0.2) is 0 Å². The van der Waals surface area contributed by atoms with Crippen molar-refractivity contribution in [1.82, 2.24) is 10.3 Å². The lowest BCUT2D eigenvalue weighted by Crippen LogP contribution is -2.13. The molecule has 0 aliphatic heterocycles. The fourth-order valence-corrected chi connectivity index (χ4v) is 4.42. The van der Waals surface area contributed by atoms with E-state index in [1.165, 1.54) is 11.3 Å². The third kappa shape index (κ3) is 3.56. The average molecular weight is 311 g/mol. The molecule has 0 radical (unpaired) electrons. The van der Waals surface area contributed by atoms with Gasteiger partial charge >= 0.3 is 0 Å². The van der Waals surface area contributed by atoms with Gasteiger partial charge in [0.25, 0.3) is 10.0 Å². The lowest BCUT2D eigenvalue weighted by molar-refractivity contribution is 0.601. The molecule has 0 spiro atoms. The number of anilines is 1. The van der Waals surface area contributed by atoms with Crippen molar-refractivity contribution in [2.45, 2.75) is 25.3 Å². The molecule has 2 aromatic heterocycles. The molecular formula is C13H17N3O2S2. The number of aryl methyl sites for hydroxylation is 1. The zero-order valence-corrected chi connectivity index (χ0v) is 13.0. The predicted octanol–water partition coefficient (Wildman–Crippen LogP) is 2.36. The van der Waals surface area contributed by atoms with Crippen LogP contribution < -0.4 is 10.0 Å². The van der Waals surface area contributed by atoms with Crippen LogP contribution in [0.1, 0.15) is 16.7 Å². The highest BCUT2D eigenvalue weighted by molar-refractivity contribution is 7.93. The average Bonchev–Trinajstić information content (AvgIpc) is 2.79. The fourth-order valence-electron chi connectivity index (χ4n) is 1.76. The van der Waals surface area contributed by atoms with E-state index in [4.69, 9.17) is 0 Å². The number of pyridine rings is 1.